The highest BCUT2D eigenvalue weighted by Gasteiger charge is 2.83. The Hall–Kier alpha value is -3.88. The number of nitrogens with zero attached hydrogens (tertiary/aromatic N) is 2. The second-order valence-electron chi connectivity index (χ2n) is 9.21. The minimum atomic E-state index is -7.33. The fraction of sp³-hybridized carbons (Fsp3) is 0.417. The van der Waals surface area contributed by atoms with Gasteiger partial charge in [-0.3, -0.25) is 0 Å². The molecular formula is C24H12F18N2O2. The summed E-state index contributed by atoms with van der Waals surface area (Å²) in [7, 11) is 0. The quantitative estimate of drug-likeness (QED) is 0.187. The van der Waals surface area contributed by atoms with Crippen molar-refractivity contribution in [2.75, 3.05) is 13.2 Å². The van der Waals surface area contributed by atoms with E-state index in [1.54, 1.807) is 6.07 Å². The van der Waals surface area contributed by atoms with E-state index < -0.39 is 78.7 Å². The molecule has 0 fully saturated rings. The molecule has 0 aliphatic carbocycles. The van der Waals surface area contributed by atoms with Crippen LogP contribution in [-0.2, 0) is 0 Å². The van der Waals surface area contributed by atoms with Gasteiger partial charge >= 0.3 is 47.9 Å². The molecule has 22 heteroatoms. The Morgan fingerprint density at radius 3 is 1.24 bits per heavy atom. The topological polar surface area (TPSA) is 44.2 Å². The first kappa shape index (κ1) is 36.6. The van der Waals surface area contributed by atoms with Crippen LogP contribution in [0.2, 0.25) is 0 Å². The molecule has 0 aliphatic heterocycles. The molecule has 256 valence electrons. The summed E-state index contributed by atoms with van der Waals surface area (Å²) < 4.78 is 245. The van der Waals surface area contributed by atoms with E-state index >= 15 is 0 Å². The number of rotatable bonds is 11. The SMILES string of the molecule is FC(F)(F)C(F)(F)C(F)(F)C(F)(F)COc1cc(OCC(F)(F)C(F)(F)C(F)(F)C(F)(F)F)nc(-c2ccc3ccccc3c2)n1. The number of hydrogen-bond acceptors (Lipinski definition) is 4. The lowest BCUT2D eigenvalue weighted by Gasteiger charge is -2.33. The van der Waals surface area contributed by atoms with Crippen molar-refractivity contribution in [3.8, 4) is 23.1 Å². The van der Waals surface area contributed by atoms with Gasteiger partial charge in [-0.05, 0) is 16.8 Å². The van der Waals surface area contributed by atoms with E-state index in [1.165, 1.54) is 24.3 Å². The van der Waals surface area contributed by atoms with Gasteiger partial charge in [-0.2, -0.15) is 89.0 Å². The van der Waals surface area contributed by atoms with E-state index in [9.17, 15) is 79.0 Å². The number of aromatic nitrogens is 2. The van der Waals surface area contributed by atoms with Crippen molar-refractivity contribution in [1.29, 1.82) is 0 Å². The van der Waals surface area contributed by atoms with E-state index in [0.717, 1.165) is 12.1 Å². The van der Waals surface area contributed by atoms with Gasteiger partial charge in [0.1, 0.15) is 0 Å². The Labute approximate surface area is 242 Å². The van der Waals surface area contributed by atoms with Crippen LogP contribution in [0.5, 0.6) is 11.8 Å². The Morgan fingerprint density at radius 2 is 0.848 bits per heavy atom. The Balaban J connectivity index is 2.02. The number of fused-ring (bicyclic) bond motifs is 1. The highest BCUT2D eigenvalue weighted by Crippen LogP contribution is 2.54. The maximum Gasteiger partial charge on any atom is 0.460 e. The van der Waals surface area contributed by atoms with Gasteiger partial charge in [0.2, 0.25) is 11.8 Å². The standard InChI is InChI=1S/C24H12F18N2O2/c25-17(26,19(29,30)21(33,34)23(37,38)39)9-45-14-8-15(46-10-18(27,28)20(31,32)22(35,36)24(40,41)42)44-16(43-14)13-6-5-11-3-1-2-4-12(11)7-13/h1-8H,9-10H2. The fourth-order valence-electron chi connectivity index (χ4n) is 3.34. The lowest BCUT2D eigenvalue weighted by Crippen LogP contribution is -2.62. The monoisotopic (exact) mass is 702 g/mol. The van der Waals surface area contributed by atoms with Crippen molar-refractivity contribution in [2.45, 2.75) is 47.9 Å². The lowest BCUT2D eigenvalue weighted by molar-refractivity contribution is -0.398. The molecule has 0 spiro atoms. The molecule has 0 aliphatic rings. The first-order chi connectivity index (χ1) is 20.6. The minimum absolute atomic E-state index is 0.100. The second-order valence-corrected chi connectivity index (χ2v) is 9.21. The molecule has 0 N–H and O–H groups in total. The van der Waals surface area contributed by atoms with Crippen molar-refractivity contribution in [1.82, 2.24) is 9.97 Å². The molecule has 0 bridgehead atoms. The van der Waals surface area contributed by atoms with Crippen LogP contribution in [0.1, 0.15) is 0 Å². The summed E-state index contributed by atoms with van der Waals surface area (Å²) in [5.74, 6) is -45.8. The molecule has 3 rings (SSSR count). The van der Waals surface area contributed by atoms with E-state index in [2.05, 4.69) is 19.4 Å². The van der Waals surface area contributed by atoms with Crippen molar-refractivity contribution in [3.05, 3.63) is 48.5 Å². The molecule has 1 heterocycles. The smallest absolute Gasteiger partial charge is 0.460 e. The highest BCUT2D eigenvalue weighted by atomic mass is 19.4. The third-order valence-corrected chi connectivity index (χ3v) is 5.91. The van der Waals surface area contributed by atoms with Crippen LogP contribution in [0.4, 0.5) is 79.0 Å². The number of benzene rings is 2. The van der Waals surface area contributed by atoms with Crippen molar-refractivity contribution in [2.24, 2.45) is 0 Å². The van der Waals surface area contributed by atoms with Gasteiger partial charge in [-0.15, -0.1) is 0 Å². The van der Waals surface area contributed by atoms with Gasteiger partial charge in [-0.25, -0.2) is 0 Å². The summed E-state index contributed by atoms with van der Waals surface area (Å²) in [6.07, 6.45) is -14.4. The van der Waals surface area contributed by atoms with E-state index in [1.807, 2.05) is 0 Å². The van der Waals surface area contributed by atoms with Gasteiger partial charge < -0.3 is 9.47 Å². The molecule has 2 aromatic carbocycles. The maximum absolute atomic E-state index is 14.0. The Bertz CT molecular complexity index is 1480. The molecule has 0 saturated carbocycles. The zero-order valence-electron chi connectivity index (χ0n) is 21.5. The lowest BCUT2D eigenvalue weighted by atomic mass is 10.0. The van der Waals surface area contributed by atoms with Crippen molar-refractivity contribution >= 4 is 10.8 Å². The van der Waals surface area contributed by atoms with Crippen molar-refractivity contribution < 1.29 is 88.5 Å². The summed E-state index contributed by atoms with van der Waals surface area (Å²) in [5, 5.41) is 0.827. The van der Waals surface area contributed by atoms with Crippen LogP contribution < -0.4 is 9.47 Å². The van der Waals surface area contributed by atoms with Crippen LogP contribution in [-0.4, -0.2) is 71.1 Å². The van der Waals surface area contributed by atoms with Gasteiger partial charge in [0.05, 0.1) is 6.07 Å². The zero-order valence-corrected chi connectivity index (χ0v) is 21.5. The van der Waals surface area contributed by atoms with Gasteiger partial charge in [0.25, 0.3) is 0 Å². The number of alkyl halides is 18. The highest BCUT2D eigenvalue weighted by molar-refractivity contribution is 5.86. The largest absolute Gasteiger partial charge is 0.471 e. The van der Waals surface area contributed by atoms with E-state index in [0.29, 0.717) is 10.8 Å². The first-order valence-electron chi connectivity index (χ1n) is 11.6. The van der Waals surface area contributed by atoms with E-state index in [-0.39, 0.29) is 11.6 Å². The molecule has 0 saturated heterocycles. The third kappa shape index (κ3) is 6.38. The molecule has 46 heavy (non-hydrogen) atoms. The predicted molar refractivity (Wildman–Crippen MR) is 118 cm³/mol. The van der Waals surface area contributed by atoms with Crippen LogP contribution in [0, 0.1) is 0 Å². The van der Waals surface area contributed by atoms with Crippen LogP contribution in [0.15, 0.2) is 48.5 Å². The zero-order chi connectivity index (χ0) is 35.4. The summed E-state index contributed by atoms with van der Waals surface area (Å²) in [6, 6.07) is 9.47. The predicted octanol–water partition coefficient (Wildman–Crippen LogP) is 8.99. The third-order valence-electron chi connectivity index (χ3n) is 5.91. The number of halogens is 18. The fourth-order valence-corrected chi connectivity index (χ4v) is 3.34. The molecule has 0 unspecified atom stereocenters. The molecule has 4 nitrogen and oxygen atoms in total. The maximum atomic E-state index is 14.0. The van der Waals surface area contributed by atoms with Crippen LogP contribution in [0.25, 0.3) is 22.2 Å². The Morgan fingerprint density at radius 1 is 0.457 bits per heavy atom. The van der Waals surface area contributed by atoms with Gasteiger partial charge in [0, 0.05) is 5.56 Å². The summed E-state index contributed by atoms with van der Waals surface area (Å²) >= 11 is 0. The van der Waals surface area contributed by atoms with Crippen molar-refractivity contribution in [3.63, 3.8) is 0 Å². The molecule has 1 aromatic heterocycles. The average molecular weight is 702 g/mol. The minimum Gasteiger partial charge on any atom is -0.471 e. The summed E-state index contributed by atoms with van der Waals surface area (Å²) in [4.78, 5) is 6.73. The summed E-state index contributed by atoms with van der Waals surface area (Å²) in [6.45, 7) is -6.07. The van der Waals surface area contributed by atoms with Gasteiger partial charge in [-0.1, -0.05) is 36.4 Å². The normalized spacial score (nSPS) is 14.5. The molecule has 0 amide bonds. The van der Waals surface area contributed by atoms with E-state index in [4.69, 9.17) is 0 Å². The van der Waals surface area contributed by atoms with Crippen LogP contribution >= 0.6 is 0 Å². The number of ether oxygens (including phenoxy) is 2. The molecule has 3 aromatic rings. The number of hydrogen-bond donors (Lipinski definition) is 0. The average Bonchev–Trinajstić information content (AvgIpc) is 2.93. The Kier molecular flexibility index (Phi) is 9.09. The van der Waals surface area contributed by atoms with Crippen LogP contribution in [0.3, 0.4) is 0 Å². The molecule has 0 atom stereocenters. The molecular weight excluding hydrogens is 690 g/mol. The van der Waals surface area contributed by atoms with Gasteiger partial charge in [0.15, 0.2) is 19.0 Å². The first-order valence-corrected chi connectivity index (χ1v) is 11.6. The second kappa shape index (κ2) is 11.4. The summed E-state index contributed by atoms with van der Waals surface area (Å²) in [5.41, 5.74) is -0.268. The molecule has 0 radical (unpaired) electrons.